The van der Waals surface area contributed by atoms with Gasteiger partial charge in [0.2, 0.25) is 0 Å². The van der Waals surface area contributed by atoms with E-state index in [1.54, 1.807) is 38.1 Å². The van der Waals surface area contributed by atoms with Gasteiger partial charge in [0.05, 0.1) is 25.9 Å². The predicted octanol–water partition coefficient (Wildman–Crippen LogP) is 5.10. The molecule has 0 bridgehead atoms. The van der Waals surface area contributed by atoms with Crippen LogP contribution in [0, 0.1) is 0 Å². The molecule has 0 aliphatic rings. The van der Waals surface area contributed by atoms with Crippen molar-refractivity contribution in [1.82, 2.24) is 4.98 Å². The lowest BCUT2D eigenvalue weighted by atomic mass is 10.1. The molecule has 0 spiro atoms. The first-order valence-electron chi connectivity index (χ1n) is 9.60. The maximum Gasteiger partial charge on any atom is 0.255 e. The number of phenolic OH excluding ortho intramolecular Hbond substituents is 1. The number of phenols is 1. The van der Waals surface area contributed by atoms with Crippen molar-refractivity contribution in [2.24, 2.45) is 0 Å². The number of benzene rings is 3. The second-order valence-electron chi connectivity index (χ2n) is 7.29. The highest BCUT2D eigenvalue weighted by molar-refractivity contribution is 7.92. The minimum Gasteiger partial charge on any atom is -0.507 e. The third kappa shape index (κ3) is 4.17. The summed E-state index contributed by atoms with van der Waals surface area (Å²) >= 11 is 1.45. The van der Waals surface area contributed by atoms with E-state index in [2.05, 4.69) is 10.3 Å². The molecule has 31 heavy (non-hydrogen) atoms. The minimum absolute atomic E-state index is 0.0575. The first-order chi connectivity index (χ1) is 14.8. The number of aromatic nitrogens is 1. The molecule has 0 radical (unpaired) electrons. The van der Waals surface area contributed by atoms with Crippen LogP contribution < -0.4 is 5.32 Å². The zero-order chi connectivity index (χ0) is 22.2. The van der Waals surface area contributed by atoms with Gasteiger partial charge in [-0.3, -0.25) is 4.79 Å². The average Bonchev–Trinajstić information content (AvgIpc) is 3.19. The van der Waals surface area contributed by atoms with Gasteiger partial charge >= 0.3 is 0 Å². The van der Waals surface area contributed by atoms with E-state index in [0.717, 1.165) is 10.2 Å². The van der Waals surface area contributed by atoms with Gasteiger partial charge in [0, 0.05) is 11.3 Å². The molecule has 2 N–H and O–H groups in total. The Labute approximate surface area is 184 Å². The van der Waals surface area contributed by atoms with E-state index in [1.807, 2.05) is 24.3 Å². The van der Waals surface area contributed by atoms with Gasteiger partial charge in [-0.2, -0.15) is 0 Å². The van der Waals surface area contributed by atoms with Crippen molar-refractivity contribution in [3.05, 3.63) is 72.3 Å². The molecule has 0 aliphatic heterocycles. The van der Waals surface area contributed by atoms with Crippen LogP contribution in [0.5, 0.6) is 5.75 Å². The van der Waals surface area contributed by atoms with Crippen molar-refractivity contribution < 1.29 is 18.3 Å². The summed E-state index contributed by atoms with van der Waals surface area (Å²) in [6, 6.07) is 18.4. The van der Waals surface area contributed by atoms with Crippen molar-refractivity contribution in [1.29, 1.82) is 0 Å². The van der Waals surface area contributed by atoms with Gasteiger partial charge in [0.1, 0.15) is 10.8 Å². The number of amides is 1. The quantitative estimate of drug-likeness (QED) is 0.411. The van der Waals surface area contributed by atoms with Gasteiger partial charge in [0.15, 0.2) is 9.84 Å². The normalized spacial score (nSPS) is 11.7. The first kappa shape index (κ1) is 21.0. The molecule has 8 heteroatoms. The maximum absolute atomic E-state index is 12.8. The first-order valence-corrected chi connectivity index (χ1v) is 12.0. The molecular formula is C23H20N2O4S2. The number of fused-ring (bicyclic) bond motifs is 1. The van der Waals surface area contributed by atoms with E-state index in [-0.39, 0.29) is 16.2 Å². The number of para-hydroxylation sites is 1. The molecule has 0 fully saturated rings. The lowest BCUT2D eigenvalue weighted by Crippen LogP contribution is -2.16. The van der Waals surface area contributed by atoms with Crippen LogP contribution in [0.25, 0.3) is 20.8 Å². The van der Waals surface area contributed by atoms with Gasteiger partial charge in [-0.15, -0.1) is 11.3 Å². The third-order valence-electron chi connectivity index (χ3n) is 4.82. The van der Waals surface area contributed by atoms with Gasteiger partial charge in [-0.05, 0) is 62.4 Å². The molecule has 0 unspecified atom stereocenters. The summed E-state index contributed by atoms with van der Waals surface area (Å²) in [5.74, 6) is -0.385. The van der Waals surface area contributed by atoms with Gasteiger partial charge in [0.25, 0.3) is 5.91 Å². The van der Waals surface area contributed by atoms with Crippen LogP contribution in [0.15, 0.2) is 71.6 Å². The summed E-state index contributed by atoms with van der Waals surface area (Å²) in [4.78, 5) is 17.4. The smallest absolute Gasteiger partial charge is 0.255 e. The van der Waals surface area contributed by atoms with Crippen molar-refractivity contribution in [3.63, 3.8) is 0 Å². The van der Waals surface area contributed by atoms with Crippen LogP contribution in [0.4, 0.5) is 5.69 Å². The zero-order valence-corrected chi connectivity index (χ0v) is 18.5. The zero-order valence-electron chi connectivity index (χ0n) is 16.9. The molecular weight excluding hydrogens is 432 g/mol. The fourth-order valence-corrected chi connectivity index (χ4v) is 5.16. The standard InChI is InChI=1S/C23H20N2O4S2/c1-14(2)31(28,29)17-7-5-6-15(12-17)22(27)24-16-10-11-20(26)18(13-16)23-25-19-8-3-4-9-21(19)30-23/h3-14,26H,1-2H3,(H,24,27). The second kappa shape index (κ2) is 8.13. The summed E-state index contributed by atoms with van der Waals surface area (Å²) in [6.45, 7) is 3.20. The number of rotatable bonds is 5. The Morgan fingerprint density at radius 3 is 2.55 bits per heavy atom. The molecule has 6 nitrogen and oxygen atoms in total. The van der Waals surface area contributed by atoms with Crippen LogP contribution in [-0.2, 0) is 9.84 Å². The molecule has 0 saturated heterocycles. The van der Waals surface area contributed by atoms with Gasteiger partial charge < -0.3 is 10.4 Å². The summed E-state index contributed by atoms with van der Waals surface area (Å²) in [7, 11) is -3.49. The predicted molar refractivity (Wildman–Crippen MR) is 123 cm³/mol. The number of sulfone groups is 1. The molecule has 1 amide bonds. The van der Waals surface area contributed by atoms with Crippen LogP contribution >= 0.6 is 11.3 Å². The molecule has 158 valence electrons. The molecule has 4 aromatic rings. The molecule has 0 aliphatic carbocycles. The van der Waals surface area contributed by atoms with Crippen LogP contribution in [-0.4, -0.2) is 29.7 Å². The van der Waals surface area contributed by atoms with Crippen LogP contribution in [0.1, 0.15) is 24.2 Å². The number of hydrogen-bond donors (Lipinski definition) is 2. The Hall–Kier alpha value is -3.23. The number of aromatic hydroxyl groups is 1. The topological polar surface area (TPSA) is 96.4 Å². The highest BCUT2D eigenvalue weighted by Crippen LogP contribution is 2.36. The van der Waals surface area contributed by atoms with Gasteiger partial charge in [-0.1, -0.05) is 18.2 Å². The second-order valence-corrected chi connectivity index (χ2v) is 10.8. The van der Waals surface area contributed by atoms with E-state index in [0.29, 0.717) is 16.3 Å². The number of nitrogens with one attached hydrogen (secondary N) is 1. The SMILES string of the molecule is CC(C)S(=O)(=O)c1cccc(C(=O)Nc2ccc(O)c(-c3nc4ccccc4s3)c2)c1. The van der Waals surface area contributed by atoms with Crippen molar-refractivity contribution in [2.45, 2.75) is 24.0 Å². The Kier molecular flexibility index (Phi) is 5.51. The highest BCUT2D eigenvalue weighted by atomic mass is 32.2. The van der Waals surface area contributed by atoms with Crippen LogP contribution in [0.3, 0.4) is 0 Å². The number of thiazole rings is 1. The molecule has 3 aromatic carbocycles. The van der Waals surface area contributed by atoms with E-state index >= 15 is 0 Å². The summed E-state index contributed by atoms with van der Waals surface area (Å²) < 4.78 is 25.8. The van der Waals surface area contributed by atoms with Gasteiger partial charge in [-0.25, -0.2) is 13.4 Å². The summed E-state index contributed by atoms with van der Waals surface area (Å²) in [5.41, 5.74) is 2.04. The molecule has 4 rings (SSSR count). The Morgan fingerprint density at radius 1 is 1.03 bits per heavy atom. The number of carbonyl (C=O) groups is 1. The third-order valence-corrected chi connectivity index (χ3v) is 8.05. The van der Waals surface area contributed by atoms with E-state index in [4.69, 9.17) is 0 Å². The van der Waals surface area contributed by atoms with E-state index in [1.165, 1.54) is 29.5 Å². The monoisotopic (exact) mass is 452 g/mol. The maximum atomic E-state index is 12.8. The van der Waals surface area contributed by atoms with Crippen molar-refractivity contribution in [2.75, 3.05) is 5.32 Å². The number of nitrogens with zero attached hydrogens (tertiary/aromatic N) is 1. The largest absolute Gasteiger partial charge is 0.507 e. The molecule has 0 saturated carbocycles. The Balaban J connectivity index is 1.63. The molecule has 1 heterocycles. The van der Waals surface area contributed by atoms with E-state index < -0.39 is 21.0 Å². The lowest BCUT2D eigenvalue weighted by molar-refractivity contribution is 0.102. The highest BCUT2D eigenvalue weighted by Gasteiger charge is 2.20. The van der Waals surface area contributed by atoms with Crippen LogP contribution in [0.2, 0.25) is 0 Å². The summed E-state index contributed by atoms with van der Waals surface area (Å²) in [6.07, 6.45) is 0. The fourth-order valence-electron chi connectivity index (χ4n) is 3.06. The molecule has 0 atom stereocenters. The van der Waals surface area contributed by atoms with Crippen molar-refractivity contribution >= 4 is 43.0 Å². The fraction of sp³-hybridized carbons (Fsp3) is 0.130. The van der Waals surface area contributed by atoms with E-state index in [9.17, 15) is 18.3 Å². The summed E-state index contributed by atoms with van der Waals surface area (Å²) in [5, 5.41) is 13.2. The number of hydrogen-bond acceptors (Lipinski definition) is 6. The number of anilines is 1. The Bertz CT molecular complexity index is 1360. The minimum atomic E-state index is -3.49. The average molecular weight is 453 g/mol. The van der Waals surface area contributed by atoms with Crippen molar-refractivity contribution in [3.8, 4) is 16.3 Å². The lowest BCUT2D eigenvalue weighted by Gasteiger charge is -2.11. The molecule has 1 aromatic heterocycles. The number of carbonyl (C=O) groups excluding carboxylic acids is 1. The Morgan fingerprint density at radius 2 is 1.81 bits per heavy atom.